The number of carbonyl (C=O) groups excluding carboxylic acids is 1. The van der Waals surface area contributed by atoms with Crippen LogP contribution in [0.5, 0.6) is 0 Å². The van der Waals surface area contributed by atoms with Crippen LogP contribution in [0.3, 0.4) is 0 Å². The van der Waals surface area contributed by atoms with Crippen LogP contribution in [0.2, 0.25) is 0 Å². The zero-order chi connectivity index (χ0) is 19.2. The second-order valence-corrected chi connectivity index (χ2v) is 8.48. The van der Waals surface area contributed by atoms with E-state index < -0.39 is 0 Å². The van der Waals surface area contributed by atoms with Crippen LogP contribution in [0.15, 0.2) is 95.9 Å². The third-order valence-electron chi connectivity index (χ3n) is 5.37. The van der Waals surface area contributed by atoms with E-state index in [1.165, 1.54) is 16.0 Å². The van der Waals surface area contributed by atoms with Gasteiger partial charge in [0.1, 0.15) is 0 Å². The van der Waals surface area contributed by atoms with Gasteiger partial charge in [-0.05, 0) is 35.6 Å². The third kappa shape index (κ3) is 4.66. The fraction of sp³-hybridized carbons (Fsp3) is 0.240. The lowest BCUT2D eigenvalue weighted by Crippen LogP contribution is -2.27. The number of likely N-dealkylation sites (tertiary alicyclic amines) is 1. The first kappa shape index (κ1) is 18.8. The van der Waals surface area contributed by atoms with Gasteiger partial charge in [-0.25, -0.2) is 0 Å². The van der Waals surface area contributed by atoms with Crippen molar-refractivity contribution < 1.29 is 4.79 Å². The molecule has 0 aliphatic carbocycles. The third-order valence-corrected chi connectivity index (χ3v) is 6.58. The highest BCUT2D eigenvalue weighted by Crippen LogP contribution is 2.33. The Labute approximate surface area is 171 Å². The molecule has 3 aromatic rings. The number of carbonyl (C=O) groups is 1. The Hall–Kier alpha value is -2.52. The number of hydrogen-bond donors (Lipinski definition) is 0. The van der Waals surface area contributed by atoms with Crippen LogP contribution in [-0.4, -0.2) is 23.1 Å². The van der Waals surface area contributed by atoms with Crippen molar-refractivity contribution in [1.82, 2.24) is 4.90 Å². The van der Waals surface area contributed by atoms with Gasteiger partial charge in [0.15, 0.2) is 0 Å². The van der Waals surface area contributed by atoms with Gasteiger partial charge in [0, 0.05) is 29.7 Å². The van der Waals surface area contributed by atoms with Gasteiger partial charge in [0.25, 0.3) is 0 Å². The van der Waals surface area contributed by atoms with Crippen molar-refractivity contribution in [3.8, 4) is 0 Å². The SMILES string of the molecule is O=C1[C@@H](Cc2ccccc2)[C@@H](CSc2ccccc2)CN1Cc1ccccc1. The summed E-state index contributed by atoms with van der Waals surface area (Å²) < 4.78 is 0. The van der Waals surface area contributed by atoms with E-state index in [9.17, 15) is 4.79 Å². The van der Waals surface area contributed by atoms with Crippen molar-refractivity contribution >= 4 is 17.7 Å². The zero-order valence-corrected chi connectivity index (χ0v) is 16.7. The van der Waals surface area contributed by atoms with E-state index in [0.717, 1.165) is 18.7 Å². The molecule has 1 fully saturated rings. The Morgan fingerprint density at radius 3 is 2.00 bits per heavy atom. The minimum absolute atomic E-state index is 0.0577. The highest BCUT2D eigenvalue weighted by atomic mass is 32.2. The van der Waals surface area contributed by atoms with E-state index in [-0.39, 0.29) is 5.92 Å². The Balaban J connectivity index is 1.49. The van der Waals surface area contributed by atoms with Gasteiger partial charge in [-0.1, -0.05) is 78.9 Å². The maximum atomic E-state index is 13.3. The summed E-state index contributed by atoms with van der Waals surface area (Å²) in [5, 5.41) is 0. The number of benzene rings is 3. The summed E-state index contributed by atoms with van der Waals surface area (Å²) in [6, 6.07) is 31.2. The zero-order valence-electron chi connectivity index (χ0n) is 15.9. The van der Waals surface area contributed by atoms with Crippen LogP contribution in [0, 0.1) is 11.8 Å². The molecule has 0 unspecified atom stereocenters. The molecule has 3 aromatic carbocycles. The maximum Gasteiger partial charge on any atom is 0.226 e. The fourth-order valence-electron chi connectivity index (χ4n) is 3.89. The van der Waals surface area contributed by atoms with E-state index in [2.05, 4.69) is 65.6 Å². The molecule has 0 saturated carbocycles. The standard InChI is InChI=1S/C25H25NOS/c27-25-24(16-20-10-4-1-5-11-20)22(19-28-23-14-8-3-9-15-23)18-26(25)17-21-12-6-2-7-13-21/h1-15,22,24H,16-19H2/t22-,24+/m1/s1. The molecule has 1 saturated heterocycles. The highest BCUT2D eigenvalue weighted by molar-refractivity contribution is 7.99. The van der Waals surface area contributed by atoms with E-state index in [4.69, 9.17) is 0 Å². The van der Waals surface area contributed by atoms with Crippen LogP contribution in [0.4, 0.5) is 0 Å². The maximum absolute atomic E-state index is 13.3. The molecular weight excluding hydrogens is 362 g/mol. The monoisotopic (exact) mass is 387 g/mol. The van der Waals surface area contributed by atoms with Crippen molar-refractivity contribution in [2.75, 3.05) is 12.3 Å². The second-order valence-electron chi connectivity index (χ2n) is 7.38. The van der Waals surface area contributed by atoms with Gasteiger partial charge in [-0.15, -0.1) is 11.8 Å². The van der Waals surface area contributed by atoms with Crippen LogP contribution >= 0.6 is 11.8 Å². The lowest BCUT2D eigenvalue weighted by Gasteiger charge is -2.16. The lowest BCUT2D eigenvalue weighted by molar-refractivity contribution is -0.131. The molecule has 3 heteroatoms. The molecule has 1 aliphatic rings. The molecule has 142 valence electrons. The largest absolute Gasteiger partial charge is 0.338 e. The van der Waals surface area contributed by atoms with Gasteiger partial charge in [-0.2, -0.15) is 0 Å². The quantitative estimate of drug-likeness (QED) is 0.513. The highest BCUT2D eigenvalue weighted by Gasteiger charge is 2.39. The summed E-state index contributed by atoms with van der Waals surface area (Å²) in [4.78, 5) is 16.6. The molecule has 2 nitrogen and oxygen atoms in total. The Bertz CT molecular complexity index is 882. The van der Waals surface area contributed by atoms with Crippen LogP contribution < -0.4 is 0 Å². The van der Waals surface area contributed by atoms with E-state index in [0.29, 0.717) is 18.4 Å². The number of thioether (sulfide) groups is 1. The summed E-state index contributed by atoms with van der Waals surface area (Å²) in [5.74, 6) is 1.69. The molecule has 1 aliphatic heterocycles. The normalized spacial score (nSPS) is 19.1. The predicted molar refractivity (Wildman–Crippen MR) is 116 cm³/mol. The summed E-state index contributed by atoms with van der Waals surface area (Å²) in [5.41, 5.74) is 2.45. The van der Waals surface area contributed by atoms with Crippen molar-refractivity contribution in [3.63, 3.8) is 0 Å². The number of nitrogens with zero attached hydrogens (tertiary/aromatic N) is 1. The van der Waals surface area contributed by atoms with Gasteiger partial charge in [0.2, 0.25) is 5.91 Å². The molecule has 0 aromatic heterocycles. The fourth-order valence-corrected chi connectivity index (χ4v) is 4.99. The van der Waals surface area contributed by atoms with Gasteiger partial charge in [-0.3, -0.25) is 4.79 Å². The minimum Gasteiger partial charge on any atom is -0.338 e. The van der Waals surface area contributed by atoms with Crippen molar-refractivity contribution in [2.24, 2.45) is 11.8 Å². The average molecular weight is 388 g/mol. The van der Waals surface area contributed by atoms with Gasteiger partial charge in [0.05, 0.1) is 0 Å². The molecule has 2 atom stereocenters. The molecule has 1 heterocycles. The van der Waals surface area contributed by atoms with Gasteiger partial charge < -0.3 is 4.90 Å². The van der Waals surface area contributed by atoms with Crippen LogP contribution in [-0.2, 0) is 17.8 Å². The Morgan fingerprint density at radius 2 is 1.36 bits per heavy atom. The van der Waals surface area contributed by atoms with E-state index in [1.54, 1.807) is 0 Å². The van der Waals surface area contributed by atoms with E-state index >= 15 is 0 Å². The van der Waals surface area contributed by atoms with Crippen LogP contribution in [0.25, 0.3) is 0 Å². The topological polar surface area (TPSA) is 20.3 Å². The first-order valence-electron chi connectivity index (χ1n) is 9.84. The first-order chi connectivity index (χ1) is 13.8. The summed E-state index contributed by atoms with van der Waals surface area (Å²) in [7, 11) is 0. The van der Waals surface area contributed by atoms with E-state index in [1.807, 2.05) is 42.1 Å². The average Bonchev–Trinajstić information content (AvgIpc) is 3.03. The second kappa shape index (κ2) is 9.11. The number of hydrogen-bond acceptors (Lipinski definition) is 2. The Morgan fingerprint density at radius 1 is 0.786 bits per heavy atom. The predicted octanol–water partition coefficient (Wildman–Crippen LogP) is 5.30. The van der Waals surface area contributed by atoms with Gasteiger partial charge >= 0.3 is 0 Å². The number of rotatable bonds is 7. The summed E-state index contributed by atoms with van der Waals surface area (Å²) in [6.07, 6.45) is 0.824. The summed E-state index contributed by atoms with van der Waals surface area (Å²) in [6.45, 7) is 1.54. The number of amides is 1. The molecule has 1 amide bonds. The molecule has 0 spiro atoms. The van der Waals surface area contributed by atoms with Crippen LogP contribution in [0.1, 0.15) is 11.1 Å². The van der Waals surface area contributed by atoms with Crippen molar-refractivity contribution in [3.05, 3.63) is 102 Å². The molecule has 0 N–H and O–H groups in total. The Kier molecular flexibility index (Phi) is 6.13. The minimum atomic E-state index is 0.0577. The molecule has 0 radical (unpaired) electrons. The molecular formula is C25H25NOS. The smallest absolute Gasteiger partial charge is 0.226 e. The summed E-state index contributed by atoms with van der Waals surface area (Å²) >= 11 is 1.86. The first-order valence-corrected chi connectivity index (χ1v) is 10.8. The molecule has 28 heavy (non-hydrogen) atoms. The van der Waals surface area contributed by atoms with Crippen molar-refractivity contribution in [1.29, 1.82) is 0 Å². The molecule has 0 bridgehead atoms. The molecule has 4 rings (SSSR count). The van der Waals surface area contributed by atoms with Crippen molar-refractivity contribution in [2.45, 2.75) is 17.9 Å². The lowest BCUT2D eigenvalue weighted by atomic mass is 9.90.